The molecule has 0 amide bonds. The van der Waals surface area contributed by atoms with Gasteiger partial charge in [0.05, 0.1) is 18.8 Å². The van der Waals surface area contributed by atoms with E-state index in [0.717, 1.165) is 31.9 Å². The first-order valence-electron chi connectivity index (χ1n) is 6.65. The van der Waals surface area contributed by atoms with E-state index >= 15 is 0 Å². The fraction of sp³-hybridized carbons (Fsp3) is 0.769. The molecular formula is C13H22N2O2. The zero-order valence-corrected chi connectivity index (χ0v) is 10.4. The molecule has 1 saturated carbocycles. The van der Waals surface area contributed by atoms with E-state index < -0.39 is 0 Å². The van der Waals surface area contributed by atoms with Gasteiger partial charge >= 0.3 is 0 Å². The van der Waals surface area contributed by atoms with Crippen LogP contribution < -0.4 is 5.32 Å². The third-order valence-electron chi connectivity index (χ3n) is 3.19. The van der Waals surface area contributed by atoms with Crippen LogP contribution in [0.1, 0.15) is 44.3 Å². The van der Waals surface area contributed by atoms with Gasteiger partial charge in [0.25, 0.3) is 0 Å². The van der Waals surface area contributed by atoms with Gasteiger partial charge < -0.3 is 14.5 Å². The number of aromatic nitrogens is 1. The standard InChI is InChI=1S/C13H22N2O2/c1-2-5-12(6-3-1)16-8-4-7-14-9-13-10-15-11-17-13/h10-12,14H,1-9H2. The average molecular weight is 238 g/mol. The zero-order chi connectivity index (χ0) is 11.8. The minimum absolute atomic E-state index is 0.526. The lowest BCUT2D eigenvalue weighted by Crippen LogP contribution is -2.20. The van der Waals surface area contributed by atoms with Crippen molar-refractivity contribution >= 4 is 0 Å². The van der Waals surface area contributed by atoms with Crippen LogP contribution in [-0.4, -0.2) is 24.2 Å². The van der Waals surface area contributed by atoms with Gasteiger partial charge in [0, 0.05) is 6.61 Å². The maximum atomic E-state index is 5.84. The van der Waals surface area contributed by atoms with E-state index in [0.29, 0.717) is 6.10 Å². The molecule has 96 valence electrons. The molecule has 4 heteroatoms. The van der Waals surface area contributed by atoms with Gasteiger partial charge in [-0.3, -0.25) is 0 Å². The minimum atomic E-state index is 0.526. The number of nitrogens with one attached hydrogen (secondary N) is 1. The molecule has 1 heterocycles. The Labute approximate surface area is 103 Å². The highest BCUT2D eigenvalue weighted by molar-refractivity contribution is 4.86. The Morgan fingerprint density at radius 2 is 2.24 bits per heavy atom. The molecule has 1 N–H and O–H groups in total. The molecule has 0 aliphatic heterocycles. The lowest BCUT2D eigenvalue weighted by Gasteiger charge is -2.21. The highest BCUT2D eigenvalue weighted by Gasteiger charge is 2.12. The third-order valence-corrected chi connectivity index (χ3v) is 3.19. The first-order valence-corrected chi connectivity index (χ1v) is 6.65. The smallest absolute Gasteiger partial charge is 0.180 e. The van der Waals surface area contributed by atoms with Crippen LogP contribution >= 0.6 is 0 Å². The van der Waals surface area contributed by atoms with Crippen molar-refractivity contribution in [2.24, 2.45) is 0 Å². The van der Waals surface area contributed by atoms with Crippen molar-refractivity contribution in [2.75, 3.05) is 13.2 Å². The lowest BCUT2D eigenvalue weighted by molar-refractivity contribution is 0.0272. The van der Waals surface area contributed by atoms with Crippen LogP contribution in [0.3, 0.4) is 0 Å². The second kappa shape index (κ2) is 7.45. The van der Waals surface area contributed by atoms with E-state index in [1.165, 1.54) is 38.5 Å². The van der Waals surface area contributed by atoms with Gasteiger partial charge in [-0.15, -0.1) is 0 Å². The largest absolute Gasteiger partial charge is 0.447 e. The predicted molar refractivity (Wildman–Crippen MR) is 65.7 cm³/mol. The Kier molecular flexibility index (Phi) is 5.52. The summed E-state index contributed by atoms with van der Waals surface area (Å²) >= 11 is 0. The Bertz CT molecular complexity index is 282. The number of ether oxygens (including phenoxy) is 1. The molecule has 0 atom stereocenters. The molecule has 1 aliphatic rings. The topological polar surface area (TPSA) is 47.3 Å². The fourth-order valence-electron chi connectivity index (χ4n) is 2.22. The van der Waals surface area contributed by atoms with Gasteiger partial charge in [0.2, 0.25) is 0 Å². The highest BCUT2D eigenvalue weighted by Crippen LogP contribution is 2.20. The summed E-state index contributed by atoms with van der Waals surface area (Å²) in [5.74, 6) is 0.887. The van der Waals surface area contributed by atoms with E-state index in [2.05, 4.69) is 10.3 Å². The second-order valence-electron chi connectivity index (χ2n) is 4.63. The minimum Gasteiger partial charge on any atom is -0.447 e. The van der Waals surface area contributed by atoms with Crippen molar-refractivity contribution in [1.82, 2.24) is 10.3 Å². The number of oxazole rings is 1. The third kappa shape index (κ3) is 4.88. The van der Waals surface area contributed by atoms with Gasteiger partial charge in [0.15, 0.2) is 6.39 Å². The highest BCUT2D eigenvalue weighted by atomic mass is 16.5. The van der Waals surface area contributed by atoms with Crippen LogP contribution in [0.2, 0.25) is 0 Å². The summed E-state index contributed by atoms with van der Waals surface area (Å²) in [7, 11) is 0. The Balaban J connectivity index is 1.43. The molecule has 4 nitrogen and oxygen atoms in total. The second-order valence-corrected chi connectivity index (χ2v) is 4.63. The summed E-state index contributed by atoms with van der Waals surface area (Å²) in [6, 6.07) is 0. The van der Waals surface area contributed by atoms with Gasteiger partial charge in [-0.05, 0) is 25.8 Å². The van der Waals surface area contributed by atoms with Crippen molar-refractivity contribution in [3.8, 4) is 0 Å². The molecular weight excluding hydrogens is 216 g/mol. The van der Waals surface area contributed by atoms with E-state index in [9.17, 15) is 0 Å². The van der Waals surface area contributed by atoms with Crippen molar-refractivity contribution in [1.29, 1.82) is 0 Å². The van der Waals surface area contributed by atoms with Crippen LogP contribution in [0.4, 0.5) is 0 Å². The zero-order valence-electron chi connectivity index (χ0n) is 10.4. The molecule has 0 aromatic carbocycles. The van der Waals surface area contributed by atoms with E-state index in [1.54, 1.807) is 6.20 Å². The van der Waals surface area contributed by atoms with Crippen molar-refractivity contribution < 1.29 is 9.15 Å². The quantitative estimate of drug-likeness (QED) is 0.741. The molecule has 0 radical (unpaired) electrons. The molecule has 0 unspecified atom stereocenters. The summed E-state index contributed by atoms with van der Waals surface area (Å²) in [6.45, 7) is 2.59. The van der Waals surface area contributed by atoms with E-state index in [-0.39, 0.29) is 0 Å². The molecule has 2 rings (SSSR count). The Morgan fingerprint density at radius 1 is 1.35 bits per heavy atom. The van der Waals surface area contributed by atoms with E-state index in [1.807, 2.05) is 0 Å². The lowest BCUT2D eigenvalue weighted by atomic mass is 9.98. The number of nitrogens with zero attached hydrogens (tertiary/aromatic N) is 1. The molecule has 0 spiro atoms. The van der Waals surface area contributed by atoms with Crippen LogP contribution in [-0.2, 0) is 11.3 Å². The monoisotopic (exact) mass is 238 g/mol. The van der Waals surface area contributed by atoms with E-state index in [4.69, 9.17) is 9.15 Å². The number of hydrogen-bond donors (Lipinski definition) is 1. The number of rotatable bonds is 7. The maximum Gasteiger partial charge on any atom is 0.180 e. The van der Waals surface area contributed by atoms with Crippen molar-refractivity contribution in [3.63, 3.8) is 0 Å². The van der Waals surface area contributed by atoms with Crippen molar-refractivity contribution in [2.45, 2.75) is 51.2 Å². The average Bonchev–Trinajstić information content (AvgIpc) is 2.88. The summed E-state index contributed by atoms with van der Waals surface area (Å²) in [5, 5.41) is 3.31. The molecule has 1 aromatic rings. The van der Waals surface area contributed by atoms with Crippen LogP contribution in [0.25, 0.3) is 0 Å². The SMILES string of the molecule is c1ncc(CNCCCOC2CCCCC2)o1. The van der Waals surface area contributed by atoms with Gasteiger partial charge in [0.1, 0.15) is 5.76 Å². The molecule has 1 aliphatic carbocycles. The van der Waals surface area contributed by atoms with Crippen molar-refractivity contribution in [3.05, 3.63) is 18.4 Å². The molecule has 1 fully saturated rings. The van der Waals surface area contributed by atoms with Crippen LogP contribution in [0.15, 0.2) is 17.0 Å². The first kappa shape index (κ1) is 12.6. The number of hydrogen-bond acceptors (Lipinski definition) is 4. The predicted octanol–water partition coefficient (Wildman–Crippen LogP) is 2.50. The Morgan fingerprint density at radius 3 is 3.00 bits per heavy atom. The Hall–Kier alpha value is -0.870. The normalized spacial score (nSPS) is 17.4. The molecule has 17 heavy (non-hydrogen) atoms. The van der Waals surface area contributed by atoms with Crippen LogP contribution in [0.5, 0.6) is 0 Å². The molecule has 1 aromatic heterocycles. The summed E-state index contributed by atoms with van der Waals surface area (Å²) < 4.78 is 11.0. The maximum absolute atomic E-state index is 5.84. The van der Waals surface area contributed by atoms with Gasteiger partial charge in [-0.25, -0.2) is 4.98 Å². The van der Waals surface area contributed by atoms with Gasteiger partial charge in [-0.2, -0.15) is 0 Å². The molecule has 0 bridgehead atoms. The first-order chi connectivity index (χ1) is 8.45. The summed E-state index contributed by atoms with van der Waals surface area (Å²) in [4.78, 5) is 3.87. The molecule has 0 saturated heterocycles. The summed E-state index contributed by atoms with van der Waals surface area (Å²) in [5.41, 5.74) is 0. The fourth-order valence-corrected chi connectivity index (χ4v) is 2.22. The van der Waals surface area contributed by atoms with Crippen LogP contribution in [0, 0.1) is 0 Å². The summed E-state index contributed by atoms with van der Waals surface area (Å²) in [6.07, 6.45) is 11.4. The van der Waals surface area contributed by atoms with Gasteiger partial charge in [-0.1, -0.05) is 19.3 Å².